The van der Waals surface area contributed by atoms with Gasteiger partial charge in [0.05, 0.1) is 11.4 Å². The molecule has 1 aromatic carbocycles. The highest BCUT2D eigenvalue weighted by Crippen LogP contribution is 2.30. The molecule has 0 spiro atoms. The summed E-state index contributed by atoms with van der Waals surface area (Å²) in [6.07, 6.45) is 3.15. The van der Waals surface area contributed by atoms with Gasteiger partial charge in [-0.2, -0.15) is 0 Å². The van der Waals surface area contributed by atoms with Crippen molar-refractivity contribution in [1.29, 1.82) is 0 Å². The van der Waals surface area contributed by atoms with Gasteiger partial charge in [-0.05, 0) is 30.5 Å². The third-order valence-corrected chi connectivity index (χ3v) is 5.57. The molecule has 1 aromatic rings. The summed E-state index contributed by atoms with van der Waals surface area (Å²) in [6.45, 7) is 0.122. The molecule has 1 aliphatic rings. The van der Waals surface area contributed by atoms with Crippen LogP contribution in [0.5, 0.6) is 0 Å². The Morgan fingerprint density at radius 3 is 2.35 bits per heavy atom. The van der Waals surface area contributed by atoms with E-state index in [2.05, 4.69) is 0 Å². The number of rotatable bonds is 5. The lowest BCUT2D eigenvalue weighted by molar-refractivity contribution is 0.0333. The molecule has 0 heterocycles. The van der Waals surface area contributed by atoms with Crippen LogP contribution < -0.4 is 0 Å². The molecule has 0 bridgehead atoms. The Hall–Kier alpha value is -0.980. The molecule has 4 nitrogen and oxygen atoms in total. The number of nitrogens with zero attached hydrogens (tertiary/aromatic N) is 1. The second-order valence-corrected chi connectivity index (χ2v) is 7.65. The second kappa shape index (κ2) is 5.79. The normalized spacial score (nSPS) is 18.6. The van der Waals surface area contributed by atoms with E-state index < -0.39 is 15.6 Å². The molecule has 6 heteroatoms. The Kier molecular flexibility index (Phi) is 4.46. The summed E-state index contributed by atoms with van der Waals surface area (Å²) in [5.41, 5.74) is -0.360. The Balaban J connectivity index is 2.03. The number of hydrogen-bond donors (Lipinski definition) is 1. The highest BCUT2D eigenvalue weighted by Gasteiger charge is 2.35. The highest BCUT2D eigenvalue weighted by atomic mass is 32.2. The van der Waals surface area contributed by atoms with Gasteiger partial charge in [-0.1, -0.05) is 25.0 Å². The first-order chi connectivity index (χ1) is 9.31. The van der Waals surface area contributed by atoms with Crippen molar-refractivity contribution in [3.63, 3.8) is 0 Å². The predicted molar refractivity (Wildman–Crippen MR) is 75.1 cm³/mol. The summed E-state index contributed by atoms with van der Waals surface area (Å²) in [4.78, 5) is 0. The van der Waals surface area contributed by atoms with Gasteiger partial charge in [0, 0.05) is 13.6 Å². The molecule has 0 radical (unpaired) electrons. The largest absolute Gasteiger partial charge is 0.389 e. The van der Waals surface area contributed by atoms with Crippen molar-refractivity contribution in [2.75, 3.05) is 13.6 Å². The van der Waals surface area contributed by atoms with Crippen molar-refractivity contribution in [2.45, 2.75) is 37.0 Å². The number of benzene rings is 1. The maximum Gasteiger partial charge on any atom is 0.218 e. The molecule has 1 N–H and O–H groups in total. The zero-order valence-corrected chi connectivity index (χ0v) is 12.4. The van der Waals surface area contributed by atoms with Crippen LogP contribution in [-0.2, 0) is 15.8 Å². The summed E-state index contributed by atoms with van der Waals surface area (Å²) >= 11 is 0. The molecule has 0 unspecified atom stereocenters. The average molecular weight is 301 g/mol. The van der Waals surface area contributed by atoms with Gasteiger partial charge < -0.3 is 5.11 Å². The summed E-state index contributed by atoms with van der Waals surface area (Å²) < 4.78 is 38.5. The smallest absolute Gasteiger partial charge is 0.218 e. The summed E-state index contributed by atoms with van der Waals surface area (Å²) in [5.74, 6) is -0.570. The molecule has 1 fully saturated rings. The van der Waals surface area contributed by atoms with Crippen molar-refractivity contribution < 1.29 is 17.9 Å². The van der Waals surface area contributed by atoms with Crippen LogP contribution in [-0.4, -0.2) is 37.0 Å². The van der Waals surface area contributed by atoms with E-state index in [1.54, 1.807) is 0 Å². The molecule has 20 heavy (non-hydrogen) atoms. The number of likely N-dealkylation sites (N-methyl/N-ethyl adjacent to an activating group) is 1. The quantitative estimate of drug-likeness (QED) is 0.903. The lowest BCUT2D eigenvalue weighted by Crippen LogP contribution is -2.42. The lowest BCUT2D eigenvalue weighted by Gasteiger charge is -2.28. The SMILES string of the molecule is CN(CC1(O)CCCC1)S(=O)(=O)Cc1ccc(F)cc1. The van der Waals surface area contributed by atoms with Crippen LogP contribution >= 0.6 is 0 Å². The van der Waals surface area contributed by atoms with Crippen LogP contribution in [0.15, 0.2) is 24.3 Å². The summed E-state index contributed by atoms with van der Waals surface area (Å²) in [7, 11) is -2.02. The van der Waals surface area contributed by atoms with Crippen LogP contribution in [0.25, 0.3) is 0 Å². The first kappa shape index (κ1) is 15.4. The van der Waals surface area contributed by atoms with Gasteiger partial charge in [0.25, 0.3) is 0 Å². The first-order valence-corrected chi connectivity index (χ1v) is 8.33. The van der Waals surface area contributed by atoms with Gasteiger partial charge in [-0.3, -0.25) is 0 Å². The number of hydrogen-bond acceptors (Lipinski definition) is 3. The van der Waals surface area contributed by atoms with Crippen molar-refractivity contribution in [3.05, 3.63) is 35.6 Å². The van der Waals surface area contributed by atoms with E-state index in [4.69, 9.17) is 0 Å². The number of halogens is 1. The van der Waals surface area contributed by atoms with E-state index in [1.807, 2.05) is 0 Å². The lowest BCUT2D eigenvalue weighted by atomic mass is 10.0. The van der Waals surface area contributed by atoms with Crippen LogP contribution in [0.2, 0.25) is 0 Å². The maximum absolute atomic E-state index is 12.8. The van der Waals surface area contributed by atoms with Crippen LogP contribution in [0, 0.1) is 5.82 Å². The maximum atomic E-state index is 12.8. The van der Waals surface area contributed by atoms with Crippen LogP contribution in [0.3, 0.4) is 0 Å². The molecule has 0 saturated heterocycles. The Morgan fingerprint density at radius 2 is 1.80 bits per heavy atom. The Labute approximate surface area is 119 Å². The number of aliphatic hydroxyl groups is 1. The van der Waals surface area contributed by atoms with Gasteiger partial charge in [0.15, 0.2) is 0 Å². The fraction of sp³-hybridized carbons (Fsp3) is 0.571. The molecule has 112 valence electrons. The van der Waals surface area contributed by atoms with E-state index in [9.17, 15) is 17.9 Å². The zero-order chi connectivity index (χ0) is 14.8. The second-order valence-electron chi connectivity index (χ2n) is 5.57. The predicted octanol–water partition coefficient (Wildman–Crippen LogP) is 1.89. The molecule has 1 aliphatic carbocycles. The standard InChI is InChI=1S/C14H20FNO3S/c1-16(11-14(17)8-2-3-9-14)20(18,19)10-12-4-6-13(15)7-5-12/h4-7,17H,2-3,8-11H2,1H3. The first-order valence-electron chi connectivity index (χ1n) is 6.72. The van der Waals surface area contributed by atoms with Crippen molar-refractivity contribution in [2.24, 2.45) is 0 Å². The minimum atomic E-state index is -3.50. The van der Waals surface area contributed by atoms with E-state index in [0.29, 0.717) is 18.4 Å². The van der Waals surface area contributed by atoms with Gasteiger partial charge in [0.2, 0.25) is 10.0 Å². The van der Waals surface area contributed by atoms with Crippen molar-refractivity contribution >= 4 is 10.0 Å². The fourth-order valence-corrected chi connectivity index (χ4v) is 3.88. The molecular formula is C14H20FNO3S. The van der Waals surface area contributed by atoms with Gasteiger partial charge >= 0.3 is 0 Å². The van der Waals surface area contributed by atoms with Crippen molar-refractivity contribution in [1.82, 2.24) is 4.31 Å². The van der Waals surface area contributed by atoms with Crippen LogP contribution in [0.4, 0.5) is 4.39 Å². The van der Waals surface area contributed by atoms with Crippen molar-refractivity contribution in [3.8, 4) is 0 Å². The molecular weight excluding hydrogens is 281 g/mol. The van der Waals surface area contributed by atoms with Gasteiger partial charge in [-0.25, -0.2) is 17.1 Å². The third kappa shape index (κ3) is 3.77. The van der Waals surface area contributed by atoms with E-state index in [-0.39, 0.29) is 18.1 Å². The number of sulfonamides is 1. The topological polar surface area (TPSA) is 57.6 Å². The average Bonchev–Trinajstić information content (AvgIpc) is 2.78. The van der Waals surface area contributed by atoms with Crippen LogP contribution in [0.1, 0.15) is 31.2 Å². The molecule has 2 rings (SSSR count). The minimum Gasteiger partial charge on any atom is -0.389 e. The monoisotopic (exact) mass is 301 g/mol. The Bertz CT molecular complexity index is 550. The summed E-state index contributed by atoms with van der Waals surface area (Å²) in [6, 6.07) is 5.42. The van der Waals surface area contributed by atoms with E-state index in [0.717, 1.165) is 12.8 Å². The third-order valence-electron chi connectivity index (χ3n) is 3.79. The molecule has 0 atom stereocenters. The molecule has 0 aromatic heterocycles. The Morgan fingerprint density at radius 1 is 1.25 bits per heavy atom. The zero-order valence-electron chi connectivity index (χ0n) is 11.5. The van der Waals surface area contributed by atoms with Gasteiger partial charge in [0.1, 0.15) is 5.82 Å². The van der Waals surface area contributed by atoms with Gasteiger partial charge in [-0.15, -0.1) is 0 Å². The van der Waals surface area contributed by atoms with E-state index >= 15 is 0 Å². The fourth-order valence-electron chi connectivity index (χ4n) is 2.61. The minimum absolute atomic E-state index is 0.122. The molecule has 1 saturated carbocycles. The summed E-state index contributed by atoms with van der Waals surface area (Å²) in [5, 5.41) is 10.3. The highest BCUT2D eigenvalue weighted by molar-refractivity contribution is 7.88. The van der Waals surface area contributed by atoms with E-state index in [1.165, 1.54) is 35.6 Å². The molecule has 0 amide bonds. The molecule has 0 aliphatic heterocycles.